The highest BCUT2D eigenvalue weighted by atomic mass is 15.3. The smallest absolute Gasteiger partial charge is 0.0638 e. The number of aromatic nitrogens is 4. The topological polar surface area (TPSA) is 47.7 Å². The zero-order valence-electron chi connectivity index (χ0n) is 13.0. The number of nitrogens with zero attached hydrogens (tertiary/aromatic N) is 4. The van der Waals surface area contributed by atoms with Crippen molar-refractivity contribution in [2.45, 2.75) is 60.3 Å². The molecule has 0 saturated heterocycles. The first-order valence-electron chi connectivity index (χ1n) is 7.41. The third-order valence-corrected chi connectivity index (χ3v) is 3.41. The minimum atomic E-state index is 0.845. The van der Waals surface area contributed by atoms with Crippen LogP contribution < -0.4 is 5.32 Å². The lowest BCUT2D eigenvalue weighted by Crippen LogP contribution is -2.16. The van der Waals surface area contributed by atoms with Gasteiger partial charge in [0, 0.05) is 37.9 Å². The Morgan fingerprint density at radius 2 is 1.95 bits per heavy atom. The Bertz CT molecular complexity index is 553. The van der Waals surface area contributed by atoms with Crippen molar-refractivity contribution in [1.82, 2.24) is 24.9 Å². The van der Waals surface area contributed by atoms with E-state index in [0.717, 1.165) is 44.0 Å². The lowest BCUT2D eigenvalue weighted by atomic mass is 10.2. The molecule has 0 radical (unpaired) electrons. The van der Waals surface area contributed by atoms with Gasteiger partial charge in [0.25, 0.3) is 0 Å². The van der Waals surface area contributed by atoms with E-state index in [0.29, 0.717) is 0 Å². The Labute approximate surface area is 121 Å². The first kappa shape index (κ1) is 14.8. The van der Waals surface area contributed by atoms with Crippen molar-refractivity contribution >= 4 is 0 Å². The van der Waals surface area contributed by atoms with Gasteiger partial charge in [0.1, 0.15) is 0 Å². The molecule has 1 N–H and O–H groups in total. The highest BCUT2D eigenvalue weighted by molar-refractivity contribution is 5.15. The van der Waals surface area contributed by atoms with Crippen LogP contribution in [0.5, 0.6) is 0 Å². The van der Waals surface area contributed by atoms with Crippen molar-refractivity contribution in [2.24, 2.45) is 0 Å². The number of rotatable bonds is 7. The Kier molecular flexibility index (Phi) is 4.95. The fourth-order valence-electron chi connectivity index (χ4n) is 2.37. The zero-order chi connectivity index (χ0) is 14.5. The molecule has 0 aliphatic heterocycles. The molecular formula is C15H25N5. The van der Waals surface area contributed by atoms with E-state index < -0.39 is 0 Å². The Balaban J connectivity index is 1.93. The molecule has 0 saturated carbocycles. The van der Waals surface area contributed by atoms with Crippen LogP contribution in [0.4, 0.5) is 0 Å². The van der Waals surface area contributed by atoms with Gasteiger partial charge in [0.05, 0.1) is 17.1 Å². The predicted molar refractivity (Wildman–Crippen MR) is 80.4 cm³/mol. The summed E-state index contributed by atoms with van der Waals surface area (Å²) in [5, 5.41) is 12.5. The van der Waals surface area contributed by atoms with Crippen molar-refractivity contribution in [1.29, 1.82) is 0 Å². The van der Waals surface area contributed by atoms with Crippen LogP contribution in [0.3, 0.4) is 0 Å². The monoisotopic (exact) mass is 275 g/mol. The Morgan fingerprint density at radius 3 is 2.60 bits per heavy atom. The van der Waals surface area contributed by atoms with E-state index in [2.05, 4.69) is 53.2 Å². The summed E-state index contributed by atoms with van der Waals surface area (Å²) in [6.45, 7) is 12.0. The molecule has 0 amide bonds. The second-order valence-electron chi connectivity index (χ2n) is 5.20. The minimum absolute atomic E-state index is 0.845. The largest absolute Gasteiger partial charge is 0.307 e. The summed E-state index contributed by atoms with van der Waals surface area (Å²) in [6.07, 6.45) is 3.23. The average Bonchev–Trinajstić information content (AvgIpc) is 2.94. The zero-order valence-corrected chi connectivity index (χ0v) is 13.0. The highest BCUT2D eigenvalue weighted by Gasteiger charge is 2.06. The second-order valence-corrected chi connectivity index (χ2v) is 5.20. The number of hydrogen-bond donors (Lipinski definition) is 1. The second kappa shape index (κ2) is 6.70. The molecule has 110 valence electrons. The lowest BCUT2D eigenvalue weighted by Gasteiger charge is -2.07. The van der Waals surface area contributed by atoms with E-state index in [-0.39, 0.29) is 0 Å². The predicted octanol–water partition coefficient (Wildman–Crippen LogP) is 2.42. The Morgan fingerprint density at radius 1 is 1.15 bits per heavy atom. The van der Waals surface area contributed by atoms with E-state index >= 15 is 0 Å². The van der Waals surface area contributed by atoms with Crippen LogP contribution >= 0.6 is 0 Å². The molecule has 2 aromatic rings. The molecular weight excluding hydrogens is 250 g/mol. The summed E-state index contributed by atoms with van der Waals surface area (Å²) in [5.74, 6) is 0. The molecule has 0 unspecified atom stereocenters. The number of hydrogen-bond acceptors (Lipinski definition) is 3. The average molecular weight is 275 g/mol. The molecule has 0 spiro atoms. The third-order valence-electron chi connectivity index (χ3n) is 3.41. The van der Waals surface area contributed by atoms with Gasteiger partial charge in [-0.05, 0) is 33.3 Å². The van der Waals surface area contributed by atoms with E-state index in [1.165, 1.54) is 11.3 Å². The molecule has 0 aromatic carbocycles. The molecule has 2 aromatic heterocycles. The maximum atomic E-state index is 4.52. The summed E-state index contributed by atoms with van der Waals surface area (Å²) in [4.78, 5) is 0. The maximum absolute atomic E-state index is 4.52. The lowest BCUT2D eigenvalue weighted by molar-refractivity contribution is 0.547. The van der Waals surface area contributed by atoms with E-state index in [1.807, 2.05) is 11.6 Å². The standard InChI is InChI=1S/C15H25N5/c1-5-7-20-15(8-12(3)17-20)10-16-9-14-11-19(6-2)18-13(14)4/h8,11,16H,5-7,9-10H2,1-4H3. The van der Waals surface area contributed by atoms with E-state index in [1.54, 1.807) is 0 Å². The maximum Gasteiger partial charge on any atom is 0.0638 e. The van der Waals surface area contributed by atoms with Gasteiger partial charge in [-0.1, -0.05) is 6.92 Å². The summed E-state index contributed by atoms with van der Waals surface area (Å²) in [6, 6.07) is 2.16. The summed E-state index contributed by atoms with van der Waals surface area (Å²) in [5.41, 5.74) is 4.72. The van der Waals surface area contributed by atoms with E-state index in [4.69, 9.17) is 0 Å². The number of aryl methyl sites for hydroxylation is 4. The summed E-state index contributed by atoms with van der Waals surface area (Å²) >= 11 is 0. The molecule has 2 rings (SSSR count). The van der Waals surface area contributed by atoms with Crippen molar-refractivity contribution in [2.75, 3.05) is 0 Å². The first-order chi connectivity index (χ1) is 9.63. The van der Waals surface area contributed by atoms with Gasteiger partial charge >= 0.3 is 0 Å². The molecule has 0 atom stereocenters. The molecule has 5 heteroatoms. The quantitative estimate of drug-likeness (QED) is 0.844. The molecule has 0 fully saturated rings. The summed E-state index contributed by atoms with van der Waals surface area (Å²) < 4.78 is 4.09. The van der Waals surface area contributed by atoms with Crippen molar-refractivity contribution in [3.63, 3.8) is 0 Å². The fourth-order valence-corrected chi connectivity index (χ4v) is 2.37. The van der Waals surface area contributed by atoms with Crippen LogP contribution in [0.2, 0.25) is 0 Å². The van der Waals surface area contributed by atoms with Gasteiger partial charge in [-0.3, -0.25) is 9.36 Å². The minimum Gasteiger partial charge on any atom is -0.307 e. The van der Waals surface area contributed by atoms with Crippen molar-refractivity contribution in [3.05, 3.63) is 34.9 Å². The molecule has 0 aliphatic carbocycles. The Hall–Kier alpha value is -1.62. The van der Waals surface area contributed by atoms with Crippen LogP contribution in [0.1, 0.15) is 42.9 Å². The van der Waals surface area contributed by atoms with Gasteiger partial charge in [0.2, 0.25) is 0 Å². The normalized spacial score (nSPS) is 11.2. The number of nitrogens with one attached hydrogen (secondary N) is 1. The summed E-state index contributed by atoms with van der Waals surface area (Å²) in [7, 11) is 0. The van der Waals surface area contributed by atoms with Crippen LogP contribution in [0.25, 0.3) is 0 Å². The van der Waals surface area contributed by atoms with Gasteiger partial charge < -0.3 is 5.32 Å². The molecule has 0 aliphatic rings. The fraction of sp³-hybridized carbons (Fsp3) is 0.600. The third kappa shape index (κ3) is 3.48. The van der Waals surface area contributed by atoms with Gasteiger partial charge in [0.15, 0.2) is 0 Å². The molecule has 2 heterocycles. The SMILES string of the molecule is CCCn1nc(C)cc1CNCc1cn(CC)nc1C. The van der Waals surface area contributed by atoms with Gasteiger partial charge in [-0.15, -0.1) is 0 Å². The van der Waals surface area contributed by atoms with Gasteiger partial charge in [-0.2, -0.15) is 10.2 Å². The van der Waals surface area contributed by atoms with Crippen molar-refractivity contribution < 1.29 is 0 Å². The van der Waals surface area contributed by atoms with Crippen LogP contribution in [-0.2, 0) is 26.2 Å². The van der Waals surface area contributed by atoms with Crippen molar-refractivity contribution in [3.8, 4) is 0 Å². The van der Waals surface area contributed by atoms with Crippen LogP contribution in [0, 0.1) is 13.8 Å². The highest BCUT2D eigenvalue weighted by Crippen LogP contribution is 2.08. The van der Waals surface area contributed by atoms with Crippen LogP contribution in [-0.4, -0.2) is 19.6 Å². The van der Waals surface area contributed by atoms with Crippen LogP contribution in [0.15, 0.2) is 12.3 Å². The van der Waals surface area contributed by atoms with Gasteiger partial charge in [-0.25, -0.2) is 0 Å². The molecule has 0 bridgehead atoms. The first-order valence-corrected chi connectivity index (χ1v) is 7.41. The van der Waals surface area contributed by atoms with E-state index in [9.17, 15) is 0 Å². The molecule has 20 heavy (non-hydrogen) atoms. The molecule has 5 nitrogen and oxygen atoms in total.